The summed E-state index contributed by atoms with van der Waals surface area (Å²) in [7, 11) is 1.52. The average Bonchev–Trinajstić information content (AvgIpc) is 3.23. The highest BCUT2D eigenvalue weighted by molar-refractivity contribution is 6.05. The SMILES string of the molecule is COc1ccccc1NC(=O)Nc1cccc(C(=N)OC(=N)c2ccco2)c1.[HH].[HH]. The lowest BCUT2D eigenvalue weighted by Gasteiger charge is -2.12. The van der Waals surface area contributed by atoms with Crippen LogP contribution >= 0.6 is 0 Å². The zero-order valence-corrected chi connectivity index (χ0v) is 15.0. The molecule has 0 fully saturated rings. The van der Waals surface area contributed by atoms with Gasteiger partial charge in [-0.3, -0.25) is 10.8 Å². The number of hydrogen-bond donors (Lipinski definition) is 4. The second-order valence-corrected chi connectivity index (χ2v) is 5.60. The lowest BCUT2D eigenvalue weighted by Crippen LogP contribution is -2.20. The van der Waals surface area contributed by atoms with Gasteiger partial charge in [-0.25, -0.2) is 4.79 Å². The quantitative estimate of drug-likeness (QED) is 0.374. The molecule has 2 amide bonds. The number of furan rings is 1. The van der Waals surface area contributed by atoms with Crippen LogP contribution in [0.4, 0.5) is 16.2 Å². The first kappa shape index (κ1) is 18.7. The van der Waals surface area contributed by atoms with Gasteiger partial charge in [-0.1, -0.05) is 18.2 Å². The molecule has 1 heterocycles. The van der Waals surface area contributed by atoms with Crippen LogP contribution in [0, 0.1) is 10.8 Å². The van der Waals surface area contributed by atoms with E-state index >= 15 is 0 Å². The van der Waals surface area contributed by atoms with Crippen LogP contribution in [0.3, 0.4) is 0 Å². The summed E-state index contributed by atoms with van der Waals surface area (Å²) in [5.74, 6) is 0.241. The topological polar surface area (TPSA) is 120 Å². The van der Waals surface area contributed by atoms with Gasteiger partial charge in [0.1, 0.15) is 5.75 Å². The maximum absolute atomic E-state index is 12.3. The number of nitrogens with one attached hydrogen (secondary N) is 4. The van der Waals surface area contributed by atoms with Crippen molar-refractivity contribution in [3.63, 3.8) is 0 Å². The lowest BCUT2D eigenvalue weighted by molar-refractivity contribution is 0.262. The first-order valence-corrected chi connectivity index (χ1v) is 8.27. The Morgan fingerprint density at radius 1 is 1.00 bits per heavy atom. The first-order valence-electron chi connectivity index (χ1n) is 8.27. The highest BCUT2D eigenvalue weighted by Gasteiger charge is 2.12. The molecular formula is C20H22N4O4. The Morgan fingerprint density at radius 3 is 2.57 bits per heavy atom. The van der Waals surface area contributed by atoms with Gasteiger partial charge in [-0.05, 0) is 42.5 Å². The van der Waals surface area contributed by atoms with E-state index in [2.05, 4.69) is 10.6 Å². The molecule has 8 heteroatoms. The maximum atomic E-state index is 12.3. The summed E-state index contributed by atoms with van der Waals surface area (Å²) in [4.78, 5) is 12.3. The van der Waals surface area contributed by atoms with Crippen LogP contribution in [-0.4, -0.2) is 24.9 Å². The molecule has 4 N–H and O–H groups in total. The number of ether oxygens (including phenoxy) is 2. The fraction of sp³-hybridized carbons (Fsp3) is 0.0500. The molecule has 0 spiro atoms. The van der Waals surface area contributed by atoms with Crippen LogP contribution in [-0.2, 0) is 4.74 Å². The van der Waals surface area contributed by atoms with E-state index in [1.54, 1.807) is 60.7 Å². The standard InChI is InChI=1S/C20H18N4O4.2H2/c1-26-16-9-3-2-8-15(16)24-20(25)23-14-7-4-6-13(12-14)18(21)28-19(22)17-10-5-11-27-17;;/h2-12,21-22H,1H3,(H2,23,24,25);2*1H. The van der Waals surface area contributed by atoms with Gasteiger partial charge in [0, 0.05) is 14.1 Å². The largest absolute Gasteiger partial charge is 0.495 e. The predicted octanol–water partition coefficient (Wildman–Crippen LogP) is 4.79. The molecule has 0 bridgehead atoms. The minimum Gasteiger partial charge on any atom is -0.495 e. The van der Waals surface area contributed by atoms with Gasteiger partial charge in [0.05, 0.1) is 19.1 Å². The van der Waals surface area contributed by atoms with Crippen LogP contribution in [0.25, 0.3) is 0 Å². The summed E-state index contributed by atoms with van der Waals surface area (Å²) in [6.45, 7) is 0. The number of carbonyl (C=O) groups excluding carboxylic acids is 1. The van der Waals surface area contributed by atoms with Gasteiger partial charge in [-0.2, -0.15) is 0 Å². The fourth-order valence-corrected chi connectivity index (χ4v) is 2.39. The van der Waals surface area contributed by atoms with Crippen molar-refractivity contribution in [2.75, 3.05) is 17.7 Å². The number of urea groups is 1. The molecule has 0 atom stereocenters. The minimum atomic E-state index is -0.461. The van der Waals surface area contributed by atoms with Crippen molar-refractivity contribution < 1.29 is 21.5 Å². The molecule has 0 aliphatic heterocycles. The zero-order valence-electron chi connectivity index (χ0n) is 15.0. The maximum Gasteiger partial charge on any atom is 0.323 e. The molecule has 0 aliphatic rings. The van der Waals surface area contributed by atoms with E-state index in [4.69, 9.17) is 24.7 Å². The van der Waals surface area contributed by atoms with Gasteiger partial charge >= 0.3 is 6.03 Å². The van der Waals surface area contributed by atoms with E-state index in [0.717, 1.165) is 0 Å². The van der Waals surface area contributed by atoms with Crippen molar-refractivity contribution in [3.05, 3.63) is 78.3 Å². The predicted molar refractivity (Wildman–Crippen MR) is 110 cm³/mol. The van der Waals surface area contributed by atoms with Crippen LogP contribution in [0.1, 0.15) is 14.2 Å². The van der Waals surface area contributed by atoms with Crippen molar-refractivity contribution in [1.29, 1.82) is 10.8 Å². The van der Waals surface area contributed by atoms with E-state index in [0.29, 0.717) is 22.7 Å². The van der Waals surface area contributed by atoms with E-state index in [1.807, 2.05) is 0 Å². The summed E-state index contributed by atoms with van der Waals surface area (Å²) in [5, 5.41) is 21.2. The van der Waals surface area contributed by atoms with Gasteiger partial charge in [0.25, 0.3) is 5.90 Å². The van der Waals surface area contributed by atoms with Gasteiger partial charge in [0.2, 0.25) is 5.90 Å². The molecule has 0 aliphatic carbocycles. The number of methoxy groups -OCH3 is 1. The third-order valence-corrected chi connectivity index (χ3v) is 3.69. The van der Waals surface area contributed by atoms with Crippen molar-refractivity contribution in [3.8, 4) is 5.75 Å². The third kappa shape index (κ3) is 4.55. The Balaban J connectivity index is 0.00000225. The van der Waals surface area contributed by atoms with Crippen LogP contribution in [0.15, 0.2) is 71.3 Å². The molecule has 2 aromatic carbocycles. The van der Waals surface area contributed by atoms with Gasteiger partial charge in [-0.15, -0.1) is 0 Å². The van der Waals surface area contributed by atoms with Crippen molar-refractivity contribution in [2.45, 2.75) is 0 Å². The number of amides is 2. The lowest BCUT2D eigenvalue weighted by atomic mass is 10.2. The van der Waals surface area contributed by atoms with Crippen molar-refractivity contribution >= 4 is 29.2 Å². The highest BCUT2D eigenvalue weighted by Crippen LogP contribution is 2.23. The smallest absolute Gasteiger partial charge is 0.323 e. The molecule has 0 unspecified atom stereocenters. The average molecular weight is 382 g/mol. The Morgan fingerprint density at radius 2 is 1.82 bits per heavy atom. The van der Waals surface area contributed by atoms with Gasteiger partial charge < -0.3 is 24.5 Å². The van der Waals surface area contributed by atoms with Crippen LogP contribution < -0.4 is 15.4 Å². The van der Waals surface area contributed by atoms with Gasteiger partial charge in [0.15, 0.2) is 5.76 Å². The Hall–Kier alpha value is -4.07. The summed E-state index contributed by atoms with van der Waals surface area (Å²) < 4.78 is 15.5. The highest BCUT2D eigenvalue weighted by atomic mass is 16.5. The number of rotatable bonds is 5. The number of para-hydroxylation sites is 2. The Bertz CT molecular complexity index is 1010. The summed E-state index contributed by atoms with van der Waals surface area (Å²) in [5.41, 5.74) is 1.39. The molecule has 28 heavy (non-hydrogen) atoms. The van der Waals surface area contributed by atoms with E-state index in [1.165, 1.54) is 13.4 Å². The normalized spacial score (nSPS) is 10.0. The van der Waals surface area contributed by atoms with E-state index < -0.39 is 6.03 Å². The molecule has 1 aromatic heterocycles. The second kappa shape index (κ2) is 8.54. The molecular weight excluding hydrogens is 360 g/mol. The van der Waals surface area contributed by atoms with E-state index in [-0.39, 0.29) is 20.4 Å². The molecule has 146 valence electrons. The number of carbonyl (C=O) groups is 1. The molecule has 3 aromatic rings. The summed E-state index contributed by atoms with van der Waals surface area (Å²) in [6, 6.07) is 16.3. The molecule has 3 rings (SSSR count). The monoisotopic (exact) mass is 382 g/mol. The second-order valence-electron chi connectivity index (χ2n) is 5.60. The van der Waals surface area contributed by atoms with Crippen LogP contribution in [0.2, 0.25) is 0 Å². The zero-order chi connectivity index (χ0) is 19.9. The number of anilines is 2. The molecule has 8 nitrogen and oxygen atoms in total. The van der Waals surface area contributed by atoms with Crippen molar-refractivity contribution in [2.24, 2.45) is 0 Å². The molecule has 0 saturated carbocycles. The Labute approximate surface area is 164 Å². The summed E-state index contributed by atoms with van der Waals surface area (Å²) >= 11 is 0. The third-order valence-electron chi connectivity index (χ3n) is 3.69. The number of hydrogen-bond acceptors (Lipinski definition) is 6. The van der Waals surface area contributed by atoms with Crippen LogP contribution in [0.5, 0.6) is 5.75 Å². The Kier molecular flexibility index (Phi) is 5.71. The van der Waals surface area contributed by atoms with E-state index in [9.17, 15) is 4.79 Å². The molecule has 0 radical (unpaired) electrons. The number of benzene rings is 2. The fourth-order valence-electron chi connectivity index (χ4n) is 2.39. The summed E-state index contributed by atoms with van der Waals surface area (Å²) in [6.07, 6.45) is 1.42. The minimum absolute atomic E-state index is 0. The first-order chi connectivity index (χ1) is 13.6. The van der Waals surface area contributed by atoms with Crippen molar-refractivity contribution in [1.82, 2.24) is 0 Å². The molecule has 0 saturated heterocycles.